The highest BCUT2D eigenvalue weighted by atomic mass is 16.1. The van der Waals surface area contributed by atoms with Crippen LogP contribution in [0.4, 0.5) is 0 Å². The molecule has 0 atom stereocenters. The summed E-state index contributed by atoms with van der Waals surface area (Å²) in [4.78, 5) is 12.0. The zero-order chi connectivity index (χ0) is 16.8. The third-order valence-electron chi connectivity index (χ3n) is 4.00. The first-order chi connectivity index (χ1) is 11.7. The van der Waals surface area contributed by atoms with E-state index in [-0.39, 0.29) is 5.91 Å². The van der Waals surface area contributed by atoms with Crippen molar-refractivity contribution in [3.63, 3.8) is 0 Å². The van der Waals surface area contributed by atoms with Gasteiger partial charge in [-0.25, -0.2) is 4.68 Å². The van der Waals surface area contributed by atoms with Crippen LogP contribution < -0.4 is 5.32 Å². The molecule has 4 nitrogen and oxygen atoms in total. The second kappa shape index (κ2) is 7.59. The Morgan fingerprint density at radius 3 is 2.62 bits per heavy atom. The predicted molar refractivity (Wildman–Crippen MR) is 95.2 cm³/mol. The van der Waals surface area contributed by atoms with Crippen molar-refractivity contribution in [2.45, 2.75) is 19.8 Å². The van der Waals surface area contributed by atoms with E-state index in [1.54, 1.807) is 0 Å². The number of hydrogen-bond donors (Lipinski definition) is 1. The third-order valence-corrected chi connectivity index (χ3v) is 4.00. The zero-order valence-corrected chi connectivity index (χ0v) is 13.8. The lowest BCUT2D eigenvalue weighted by atomic mass is 10.1. The first-order valence-electron chi connectivity index (χ1n) is 8.12. The number of hydrogen-bond acceptors (Lipinski definition) is 2. The van der Waals surface area contributed by atoms with Crippen molar-refractivity contribution < 1.29 is 4.79 Å². The van der Waals surface area contributed by atoms with Crippen molar-refractivity contribution in [3.05, 3.63) is 83.7 Å². The SMILES string of the molecule is Cc1ccccc1CC(=O)NCCc1cnn(-c2ccccc2)c1. The number of amides is 1. The minimum atomic E-state index is 0.0553. The van der Waals surface area contributed by atoms with Crippen LogP contribution in [-0.4, -0.2) is 22.2 Å². The Morgan fingerprint density at radius 2 is 1.83 bits per heavy atom. The second-order valence-electron chi connectivity index (χ2n) is 5.83. The molecule has 1 amide bonds. The topological polar surface area (TPSA) is 46.9 Å². The van der Waals surface area contributed by atoms with E-state index in [4.69, 9.17) is 0 Å². The molecule has 1 heterocycles. The summed E-state index contributed by atoms with van der Waals surface area (Å²) in [6.07, 6.45) is 5.05. The smallest absolute Gasteiger partial charge is 0.224 e. The summed E-state index contributed by atoms with van der Waals surface area (Å²) in [6, 6.07) is 18.0. The fraction of sp³-hybridized carbons (Fsp3) is 0.200. The Morgan fingerprint density at radius 1 is 1.08 bits per heavy atom. The van der Waals surface area contributed by atoms with Crippen molar-refractivity contribution in [2.75, 3.05) is 6.54 Å². The summed E-state index contributed by atoms with van der Waals surface area (Å²) in [5.74, 6) is 0.0553. The lowest BCUT2D eigenvalue weighted by Crippen LogP contribution is -2.27. The number of carbonyl (C=O) groups excluding carboxylic acids is 1. The number of aromatic nitrogens is 2. The summed E-state index contributed by atoms with van der Waals surface area (Å²) in [5.41, 5.74) is 4.37. The molecule has 0 saturated heterocycles. The van der Waals surface area contributed by atoms with Crippen LogP contribution in [-0.2, 0) is 17.6 Å². The molecule has 1 aromatic heterocycles. The summed E-state index contributed by atoms with van der Waals surface area (Å²) < 4.78 is 1.85. The molecule has 0 radical (unpaired) electrons. The predicted octanol–water partition coefficient (Wildman–Crippen LogP) is 3.08. The molecule has 0 aliphatic carbocycles. The van der Waals surface area contributed by atoms with Crippen molar-refractivity contribution in [2.24, 2.45) is 0 Å². The molecule has 0 unspecified atom stereocenters. The summed E-state index contributed by atoms with van der Waals surface area (Å²) in [7, 11) is 0. The minimum absolute atomic E-state index is 0.0553. The van der Waals surface area contributed by atoms with Gasteiger partial charge >= 0.3 is 0 Å². The molecule has 1 N–H and O–H groups in total. The van der Waals surface area contributed by atoms with Gasteiger partial charge in [0.15, 0.2) is 0 Å². The molecule has 4 heteroatoms. The van der Waals surface area contributed by atoms with Gasteiger partial charge in [0.2, 0.25) is 5.91 Å². The van der Waals surface area contributed by atoms with Gasteiger partial charge in [0.05, 0.1) is 18.3 Å². The first kappa shape index (κ1) is 16.0. The van der Waals surface area contributed by atoms with Gasteiger partial charge in [-0.3, -0.25) is 4.79 Å². The highest BCUT2D eigenvalue weighted by molar-refractivity contribution is 5.78. The van der Waals surface area contributed by atoms with Gasteiger partial charge in [-0.15, -0.1) is 0 Å². The second-order valence-corrected chi connectivity index (χ2v) is 5.83. The summed E-state index contributed by atoms with van der Waals surface area (Å²) in [6.45, 7) is 2.64. The van der Waals surface area contributed by atoms with Crippen molar-refractivity contribution in [1.82, 2.24) is 15.1 Å². The van der Waals surface area contributed by atoms with Crippen LogP contribution in [0.1, 0.15) is 16.7 Å². The molecular formula is C20H21N3O. The van der Waals surface area contributed by atoms with Crippen LogP contribution in [0, 0.1) is 6.92 Å². The Kier molecular flexibility index (Phi) is 5.06. The van der Waals surface area contributed by atoms with Gasteiger partial charge in [-0.05, 0) is 42.2 Å². The average Bonchev–Trinajstić information content (AvgIpc) is 3.07. The molecule has 0 aliphatic heterocycles. The Labute approximate surface area is 142 Å². The molecule has 122 valence electrons. The largest absolute Gasteiger partial charge is 0.355 e. The number of aryl methyl sites for hydroxylation is 1. The van der Waals surface area contributed by atoms with Gasteiger partial charge in [-0.2, -0.15) is 5.10 Å². The highest BCUT2D eigenvalue weighted by Crippen LogP contribution is 2.09. The molecule has 0 aliphatic rings. The summed E-state index contributed by atoms with van der Waals surface area (Å²) >= 11 is 0. The monoisotopic (exact) mass is 319 g/mol. The molecule has 0 fully saturated rings. The Balaban J connectivity index is 1.49. The van der Waals surface area contributed by atoms with Gasteiger partial charge in [0.1, 0.15) is 0 Å². The molecule has 0 bridgehead atoms. The third kappa shape index (κ3) is 4.10. The van der Waals surface area contributed by atoms with Crippen LogP contribution in [0.15, 0.2) is 67.0 Å². The quantitative estimate of drug-likeness (QED) is 0.759. The van der Waals surface area contributed by atoms with E-state index in [0.29, 0.717) is 13.0 Å². The van der Waals surface area contributed by atoms with Gasteiger partial charge in [0, 0.05) is 12.7 Å². The normalized spacial score (nSPS) is 10.5. The number of para-hydroxylation sites is 1. The van der Waals surface area contributed by atoms with Crippen LogP contribution in [0.3, 0.4) is 0 Å². The maximum atomic E-state index is 12.0. The van der Waals surface area contributed by atoms with Crippen LogP contribution in [0.25, 0.3) is 5.69 Å². The van der Waals surface area contributed by atoms with Gasteiger partial charge in [-0.1, -0.05) is 42.5 Å². The van der Waals surface area contributed by atoms with E-state index in [1.165, 1.54) is 0 Å². The molecule has 0 saturated carbocycles. The molecule has 3 rings (SSSR count). The van der Waals surface area contributed by atoms with Crippen molar-refractivity contribution >= 4 is 5.91 Å². The van der Waals surface area contributed by atoms with E-state index >= 15 is 0 Å². The number of benzene rings is 2. The minimum Gasteiger partial charge on any atom is -0.355 e. The lowest BCUT2D eigenvalue weighted by Gasteiger charge is -2.06. The maximum Gasteiger partial charge on any atom is 0.224 e. The molecule has 3 aromatic rings. The fourth-order valence-corrected chi connectivity index (χ4v) is 2.60. The number of nitrogens with zero attached hydrogens (tertiary/aromatic N) is 2. The summed E-state index contributed by atoms with van der Waals surface area (Å²) in [5, 5.41) is 7.35. The highest BCUT2D eigenvalue weighted by Gasteiger charge is 2.06. The van der Waals surface area contributed by atoms with Crippen LogP contribution in [0.5, 0.6) is 0 Å². The maximum absolute atomic E-state index is 12.0. The number of nitrogens with one attached hydrogen (secondary N) is 1. The van der Waals surface area contributed by atoms with Crippen LogP contribution >= 0.6 is 0 Å². The average molecular weight is 319 g/mol. The van der Waals surface area contributed by atoms with Crippen LogP contribution in [0.2, 0.25) is 0 Å². The van der Waals surface area contributed by atoms with E-state index in [1.807, 2.05) is 78.6 Å². The van der Waals surface area contributed by atoms with Gasteiger partial charge < -0.3 is 5.32 Å². The van der Waals surface area contributed by atoms with E-state index in [2.05, 4.69) is 10.4 Å². The Hall–Kier alpha value is -2.88. The van der Waals surface area contributed by atoms with Crippen molar-refractivity contribution in [1.29, 1.82) is 0 Å². The molecule has 24 heavy (non-hydrogen) atoms. The van der Waals surface area contributed by atoms with E-state index in [9.17, 15) is 4.79 Å². The molecule has 2 aromatic carbocycles. The fourth-order valence-electron chi connectivity index (χ4n) is 2.60. The van der Waals surface area contributed by atoms with E-state index in [0.717, 1.165) is 28.8 Å². The first-order valence-corrected chi connectivity index (χ1v) is 8.12. The van der Waals surface area contributed by atoms with Crippen molar-refractivity contribution in [3.8, 4) is 5.69 Å². The Bertz CT molecular complexity index is 809. The van der Waals surface area contributed by atoms with Gasteiger partial charge in [0.25, 0.3) is 0 Å². The number of carbonyl (C=O) groups is 1. The molecular weight excluding hydrogens is 298 g/mol. The number of rotatable bonds is 6. The lowest BCUT2D eigenvalue weighted by molar-refractivity contribution is -0.120. The molecule has 0 spiro atoms. The van der Waals surface area contributed by atoms with E-state index < -0.39 is 0 Å². The zero-order valence-electron chi connectivity index (χ0n) is 13.8. The standard InChI is InChI=1S/C20H21N3O/c1-16-7-5-6-8-18(16)13-20(24)21-12-11-17-14-22-23(15-17)19-9-3-2-4-10-19/h2-10,14-15H,11-13H2,1H3,(H,21,24).